The van der Waals surface area contributed by atoms with E-state index in [0.717, 1.165) is 6.42 Å². The Morgan fingerprint density at radius 2 is 2.08 bits per heavy atom. The normalized spacial score (nSPS) is 13.2. The van der Waals surface area contributed by atoms with E-state index in [1.165, 1.54) is 36.1 Å². The summed E-state index contributed by atoms with van der Waals surface area (Å²) in [6.45, 7) is 6.22. The van der Waals surface area contributed by atoms with E-state index in [4.69, 9.17) is 0 Å². The number of aryl methyl sites for hydroxylation is 2. The van der Waals surface area contributed by atoms with Crippen molar-refractivity contribution in [1.29, 1.82) is 0 Å². The SMILES string of the molecule is CC.CCc1ccnc2c1CCC2. The molecule has 2 rings (SSSR count). The van der Waals surface area contributed by atoms with Crippen molar-refractivity contribution in [2.24, 2.45) is 0 Å². The van der Waals surface area contributed by atoms with Crippen LogP contribution in [0.4, 0.5) is 0 Å². The van der Waals surface area contributed by atoms with Gasteiger partial charge in [0.1, 0.15) is 0 Å². The van der Waals surface area contributed by atoms with E-state index in [1.54, 1.807) is 0 Å². The second kappa shape index (κ2) is 5.00. The Hall–Kier alpha value is -0.850. The van der Waals surface area contributed by atoms with E-state index < -0.39 is 0 Å². The van der Waals surface area contributed by atoms with Crippen molar-refractivity contribution in [3.8, 4) is 0 Å². The molecule has 0 radical (unpaired) electrons. The molecule has 1 aromatic heterocycles. The number of aromatic nitrogens is 1. The summed E-state index contributed by atoms with van der Waals surface area (Å²) in [5.74, 6) is 0. The number of rotatable bonds is 1. The quantitative estimate of drug-likeness (QED) is 0.642. The largest absolute Gasteiger partial charge is 0.261 e. The first-order chi connectivity index (χ1) is 6.42. The Kier molecular flexibility index (Phi) is 3.94. The van der Waals surface area contributed by atoms with Crippen molar-refractivity contribution < 1.29 is 0 Å². The molecular weight excluding hydrogens is 158 g/mol. The third-order valence-corrected chi connectivity index (χ3v) is 2.46. The maximum Gasteiger partial charge on any atom is 0.0438 e. The third-order valence-electron chi connectivity index (χ3n) is 2.46. The Morgan fingerprint density at radius 3 is 2.77 bits per heavy atom. The van der Waals surface area contributed by atoms with Gasteiger partial charge in [0.15, 0.2) is 0 Å². The maximum absolute atomic E-state index is 4.37. The first-order valence-electron chi connectivity index (χ1n) is 5.37. The lowest BCUT2D eigenvalue weighted by Gasteiger charge is -2.03. The van der Waals surface area contributed by atoms with E-state index in [1.807, 2.05) is 20.0 Å². The predicted octanol–water partition coefficient (Wildman–Crippen LogP) is 3.16. The van der Waals surface area contributed by atoms with Gasteiger partial charge < -0.3 is 0 Å². The Bertz CT molecular complexity index is 266. The molecule has 13 heavy (non-hydrogen) atoms. The number of hydrogen-bond acceptors (Lipinski definition) is 1. The summed E-state index contributed by atoms with van der Waals surface area (Å²) >= 11 is 0. The molecule has 0 bridgehead atoms. The minimum absolute atomic E-state index is 1.16. The van der Waals surface area contributed by atoms with Crippen LogP contribution in [0.3, 0.4) is 0 Å². The smallest absolute Gasteiger partial charge is 0.0438 e. The van der Waals surface area contributed by atoms with Gasteiger partial charge in [-0.05, 0) is 42.9 Å². The molecule has 1 heterocycles. The minimum atomic E-state index is 1.16. The molecule has 1 aromatic rings. The number of fused-ring (bicyclic) bond motifs is 1. The van der Waals surface area contributed by atoms with Crippen LogP contribution in [0.25, 0.3) is 0 Å². The molecule has 1 heteroatoms. The zero-order valence-electron chi connectivity index (χ0n) is 8.93. The molecule has 0 aliphatic heterocycles. The summed E-state index contributed by atoms with van der Waals surface area (Å²) in [4.78, 5) is 4.37. The van der Waals surface area contributed by atoms with Gasteiger partial charge in [-0.25, -0.2) is 0 Å². The van der Waals surface area contributed by atoms with Crippen LogP contribution in [-0.2, 0) is 19.3 Å². The molecule has 1 aliphatic carbocycles. The van der Waals surface area contributed by atoms with Crippen molar-refractivity contribution in [2.45, 2.75) is 46.5 Å². The predicted molar refractivity (Wildman–Crippen MR) is 57.0 cm³/mol. The van der Waals surface area contributed by atoms with Crippen LogP contribution in [0.15, 0.2) is 12.3 Å². The molecule has 0 spiro atoms. The van der Waals surface area contributed by atoms with Crippen LogP contribution in [0, 0.1) is 0 Å². The molecule has 0 saturated carbocycles. The maximum atomic E-state index is 4.37. The van der Waals surface area contributed by atoms with Crippen molar-refractivity contribution in [3.63, 3.8) is 0 Å². The van der Waals surface area contributed by atoms with Crippen LogP contribution >= 0.6 is 0 Å². The van der Waals surface area contributed by atoms with Gasteiger partial charge in [-0.2, -0.15) is 0 Å². The fraction of sp³-hybridized carbons (Fsp3) is 0.583. The minimum Gasteiger partial charge on any atom is -0.261 e. The topological polar surface area (TPSA) is 12.9 Å². The highest BCUT2D eigenvalue weighted by molar-refractivity contribution is 5.33. The van der Waals surface area contributed by atoms with E-state index in [0.29, 0.717) is 0 Å². The number of pyridine rings is 1. The lowest BCUT2D eigenvalue weighted by Crippen LogP contribution is -1.93. The van der Waals surface area contributed by atoms with E-state index in [9.17, 15) is 0 Å². The fourth-order valence-corrected chi connectivity index (χ4v) is 1.87. The average molecular weight is 177 g/mol. The van der Waals surface area contributed by atoms with E-state index in [-0.39, 0.29) is 0 Å². The molecule has 72 valence electrons. The molecule has 0 N–H and O–H groups in total. The monoisotopic (exact) mass is 177 g/mol. The van der Waals surface area contributed by atoms with Crippen LogP contribution in [0.2, 0.25) is 0 Å². The summed E-state index contributed by atoms with van der Waals surface area (Å²) in [6, 6.07) is 2.16. The second-order valence-electron chi connectivity index (χ2n) is 3.10. The second-order valence-corrected chi connectivity index (χ2v) is 3.10. The third kappa shape index (κ3) is 2.09. The van der Waals surface area contributed by atoms with Gasteiger partial charge in [-0.1, -0.05) is 20.8 Å². The summed E-state index contributed by atoms with van der Waals surface area (Å²) < 4.78 is 0. The van der Waals surface area contributed by atoms with E-state index in [2.05, 4.69) is 18.0 Å². The molecule has 0 amide bonds. The first kappa shape index (κ1) is 10.2. The van der Waals surface area contributed by atoms with Crippen molar-refractivity contribution >= 4 is 0 Å². The Labute approximate surface area is 81.2 Å². The highest BCUT2D eigenvalue weighted by Gasteiger charge is 2.13. The van der Waals surface area contributed by atoms with Crippen LogP contribution in [-0.4, -0.2) is 4.98 Å². The lowest BCUT2D eigenvalue weighted by molar-refractivity contribution is 0.896. The summed E-state index contributed by atoms with van der Waals surface area (Å²) in [5.41, 5.74) is 4.40. The molecule has 1 aliphatic rings. The summed E-state index contributed by atoms with van der Waals surface area (Å²) in [7, 11) is 0. The molecule has 0 aromatic carbocycles. The van der Waals surface area contributed by atoms with Gasteiger partial charge in [-0.3, -0.25) is 4.98 Å². The highest BCUT2D eigenvalue weighted by Crippen LogP contribution is 2.23. The lowest BCUT2D eigenvalue weighted by atomic mass is 10.1. The molecule has 0 saturated heterocycles. The van der Waals surface area contributed by atoms with Crippen molar-refractivity contribution in [1.82, 2.24) is 4.98 Å². The zero-order valence-corrected chi connectivity index (χ0v) is 8.93. The zero-order chi connectivity index (χ0) is 9.68. The standard InChI is InChI=1S/C10H13N.C2H6/c1-2-8-6-7-11-10-5-3-4-9(8)10;1-2/h6-7H,2-5H2,1H3;1-2H3. The highest BCUT2D eigenvalue weighted by atomic mass is 14.7. The van der Waals surface area contributed by atoms with Gasteiger partial charge in [0.25, 0.3) is 0 Å². The van der Waals surface area contributed by atoms with Crippen LogP contribution in [0.1, 0.15) is 44.0 Å². The van der Waals surface area contributed by atoms with Gasteiger partial charge >= 0.3 is 0 Å². The molecule has 1 nitrogen and oxygen atoms in total. The van der Waals surface area contributed by atoms with Gasteiger partial charge in [0.2, 0.25) is 0 Å². The van der Waals surface area contributed by atoms with Crippen molar-refractivity contribution in [2.75, 3.05) is 0 Å². The number of nitrogens with zero attached hydrogens (tertiary/aromatic N) is 1. The van der Waals surface area contributed by atoms with E-state index >= 15 is 0 Å². The number of hydrogen-bond donors (Lipinski definition) is 0. The van der Waals surface area contributed by atoms with Crippen molar-refractivity contribution in [3.05, 3.63) is 29.1 Å². The Morgan fingerprint density at radius 1 is 1.31 bits per heavy atom. The van der Waals surface area contributed by atoms with Crippen LogP contribution < -0.4 is 0 Å². The fourth-order valence-electron chi connectivity index (χ4n) is 1.87. The molecule has 0 unspecified atom stereocenters. The first-order valence-corrected chi connectivity index (χ1v) is 5.37. The average Bonchev–Trinajstić information content (AvgIpc) is 2.68. The summed E-state index contributed by atoms with van der Waals surface area (Å²) in [6.07, 6.45) is 6.86. The Balaban J connectivity index is 0.000000396. The molecular formula is C12H19N. The van der Waals surface area contributed by atoms with Gasteiger partial charge in [-0.15, -0.1) is 0 Å². The molecule has 0 fully saturated rings. The van der Waals surface area contributed by atoms with Gasteiger partial charge in [0.05, 0.1) is 0 Å². The summed E-state index contributed by atoms with van der Waals surface area (Å²) in [5, 5.41) is 0. The van der Waals surface area contributed by atoms with Crippen LogP contribution in [0.5, 0.6) is 0 Å². The molecule has 0 atom stereocenters. The van der Waals surface area contributed by atoms with Gasteiger partial charge in [0, 0.05) is 11.9 Å².